The van der Waals surface area contributed by atoms with Crippen LogP contribution in [0.5, 0.6) is 0 Å². The topological polar surface area (TPSA) is 101 Å². The number of hydrogen-bond donors (Lipinski definition) is 1. The summed E-state index contributed by atoms with van der Waals surface area (Å²) < 4.78 is 24.9. The molecule has 0 amide bonds. The molecule has 26 heavy (non-hydrogen) atoms. The largest absolute Gasteiger partial charge is 0.478 e. The third kappa shape index (κ3) is 15.5. The second-order valence-corrected chi connectivity index (χ2v) is 4.47. The highest BCUT2D eigenvalue weighted by atomic mass is 16.7. The van der Waals surface area contributed by atoms with Gasteiger partial charge in [0.25, 0.3) is 5.95 Å². The second kappa shape index (κ2) is 19.3. The quantitative estimate of drug-likeness (QED) is 0.214. The minimum absolute atomic E-state index is 0.139. The number of hydrogen-bond acceptors (Lipinski definition) is 7. The van der Waals surface area contributed by atoms with Crippen LogP contribution in [0.15, 0.2) is 24.2 Å². The lowest BCUT2D eigenvalue weighted by atomic mass is 10.2. The Bertz CT molecular complexity index is 409. The van der Waals surface area contributed by atoms with Crippen molar-refractivity contribution in [2.75, 3.05) is 46.2 Å². The molecule has 0 atom stereocenters. The van der Waals surface area contributed by atoms with Crippen molar-refractivity contribution in [2.45, 2.75) is 34.1 Å². The van der Waals surface area contributed by atoms with Crippen LogP contribution in [0.3, 0.4) is 0 Å². The van der Waals surface area contributed by atoms with E-state index in [-0.39, 0.29) is 18.1 Å². The lowest BCUT2D eigenvalue weighted by molar-refractivity contribution is -0.139. The molecule has 0 aromatic rings. The van der Waals surface area contributed by atoms with Gasteiger partial charge in [-0.1, -0.05) is 13.5 Å². The molecule has 0 spiro atoms. The summed E-state index contributed by atoms with van der Waals surface area (Å²) in [6.07, 6.45) is 1.52. The summed E-state index contributed by atoms with van der Waals surface area (Å²) in [5.41, 5.74) is 0.184. The minimum Gasteiger partial charge on any atom is -0.478 e. The molecule has 0 heterocycles. The molecule has 152 valence electrons. The van der Waals surface area contributed by atoms with Crippen LogP contribution in [-0.4, -0.2) is 63.3 Å². The Morgan fingerprint density at radius 1 is 0.846 bits per heavy atom. The third-order valence-electron chi connectivity index (χ3n) is 2.62. The van der Waals surface area contributed by atoms with Crippen LogP contribution >= 0.6 is 0 Å². The average molecular weight is 376 g/mol. The summed E-state index contributed by atoms with van der Waals surface area (Å²) in [5.74, 6) is -1.27. The van der Waals surface area contributed by atoms with Gasteiger partial charge < -0.3 is 28.8 Å². The Hall–Kier alpha value is -2.06. The van der Waals surface area contributed by atoms with Crippen molar-refractivity contribution in [3.63, 3.8) is 0 Å². The molecule has 0 radical (unpaired) electrons. The lowest BCUT2D eigenvalue weighted by Gasteiger charge is -2.11. The van der Waals surface area contributed by atoms with Gasteiger partial charge in [0.15, 0.2) is 0 Å². The number of aliphatic carboxylic acids is 1. The van der Waals surface area contributed by atoms with E-state index in [9.17, 15) is 9.59 Å². The molecule has 0 aliphatic carbocycles. The Morgan fingerprint density at radius 2 is 1.38 bits per heavy atom. The molecule has 0 unspecified atom stereocenters. The number of carbonyl (C=O) groups excluding carboxylic acids is 1. The lowest BCUT2D eigenvalue weighted by Crippen LogP contribution is -2.11. The molecule has 0 aromatic carbocycles. The molecule has 0 aromatic heterocycles. The number of carboxylic acids is 1. The van der Waals surface area contributed by atoms with Crippen molar-refractivity contribution in [3.8, 4) is 0 Å². The van der Waals surface area contributed by atoms with Gasteiger partial charge in [0.05, 0.1) is 33.0 Å². The van der Waals surface area contributed by atoms with Crippen LogP contribution in [0, 0.1) is 0 Å². The average Bonchev–Trinajstić information content (AvgIpc) is 2.62. The fraction of sp³-hybridized carbons (Fsp3) is 0.667. The maximum Gasteiger partial charge on any atom is 0.338 e. The van der Waals surface area contributed by atoms with Crippen LogP contribution in [0.25, 0.3) is 0 Å². The molecule has 0 fully saturated rings. The molecule has 8 heteroatoms. The number of ether oxygens (including phenoxy) is 5. The predicted octanol–water partition coefficient (Wildman–Crippen LogP) is 2.53. The molecule has 0 aliphatic rings. The number of carboxylic acid groups (broad SMARTS) is 1. The van der Waals surface area contributed by atoms with Gasteiger partial charge in [0, 0.05) is 12.7 Å². The smallest absolute Gasteiger partial charge is 0.338 e. The molecule has 0 rings (SSSR count). The summed E-state index contributed by atoms with van der Waals surface area (Å²) in [4.78, 5) is 21.2. The van der Waals surface area contributed by atoms with E-state index in [1.54, 1.807) is 20.8 Å². The van der Waals surface area contributed by atoms with Gasteiger partial charge in [-0.15, -0.1) is 0 Å². The molecular weight excluding hydrogens is 344 g/mol. The van der Waals surface area contributed by atoms with Gasteiger partial charge in [-0.2, -0.15) is 0 Å². The number of esters is 1. The van der Waals surface area contributed by atoms with E-state index in [1.165, 1.54) is 0 Å². The second-order valence-electron chi connectivity index (χ2n) is 4.47. The number of rotatable bonds is 14. The monoisotopic (exact) mass is 376 g/mol. The third-order valence-corrected chi connectivity index (χ3v) is 2.62. The highest BCUT2D eigenvalue weighted by Gasteiger charge is 2.14. The Balaban J connectivity index is 0. The molecule has 1 N–H and O–H groups in total. The van der Waals surface area contributed by atoms with E-state index in [0.717, 1.165) is 6.08 Å². The fourth-order valence-electron chi connectivity index (χ4n) is 1.49. The van der Waals surface area contributed by atoms with Gasteiger partial charge in [0.2, 0.25) is 0 Å². The van der Waals surface area contributed by atoms with E-state index in [0.29, 0.717) is 46.1 Å². The molecular formula is C18H32O8. The maximum absolute atomic E-state index is 10.7. The first-order chi connectivity index (χ1) is 12.5. The normalized spacial score (nSPS) is 9.38. The van der Waals surface area contributed by atoms with E-state index in [1.807, 2.05) is 6.92 Å². The van der Waals surface area contributed by atoms with Crippen LogP contribution in [0.2, 0.25) is 0 Å². The van der Waals surface area contributed by atoms with Gasteiger partial charge in [-0.05, 0) is 27.2 Å². The Labute approximate surface area is 155 Å². The van der Waals surface area contributed by atoms with E-state index in [2.05, 4.69) is 11.3 Å². The van der Waals surface area contributed by atoms with Crippen molar-refractivity contribution in [1.82, 2.24) is 0 Å². The predicted molar refractivity (Wildman–Crippen MR) is 96.7 cm³/mol. The first kappa shape index (κ1) is 26.2. The summed E-state index contributed by atoms with van der Waals surface area (Å²) in [6, 6.07) is 0. The highest BCUT2D eigenvalue weighted by Crippen LogP contribution is 2.12. The highest BCUT2D eigenvalue weighted by molar-refractivity contribution is 5.86. The van der Waals surface area contributed by atoms with Crippen LogP contribution < -0.4 is 0 Å². The van der Waals surface area contributed by atoms with E-state index >= 15 is 0 Å². The summed E-state index contributed by atoms with van der Waals surface area (Å²) in [6.45, 7) is 13.8. The molecule has 0 bridgehead atoms. The SMILES string of the molecule is C=CC(=O)OCCOCCOCC.CCOC(OCC)=C(CC)C(=O)O. The Kier molecular flexibility index (Phi) is 19.4. The van der Waals surface area contributed by atoms with Crippen molar-refractivity contribution >= 4 is 11.9 Å². The molecule has 0 aliphatic heterocycles. The van der Waals surface area contributed by atoms with Crippen molar-refractivity contribution in [1.29, 1.82) is 0 Å². The van der Waals surface area contributed by atoms with Crippen LogP contribution in [0.4, 0.5) is 0 Å². The standard InChI is InChI=1S/2C9H16O4/c1-4-7(8(10)11)9(12-5-2)13-6-3;1-3-9(10)13-8-7-12-6-5-11-4-2/h4-6H2,1-3H3,(H,10,11);3H,1,4-8H2,2H3. The van der Waals surface area contributed by atoms with Crippen molar-refractivity contribution < 1.29 is 38.4 Å². The minimum atomic E-state index is -0.987. The zero-order chi connectivity index (χ0) is 20.2. The van der Waals surface area contributed by atoms with Gasteiger partial charge in [-0.3, -0.25) is 0 Å². The zero-order valence-electron chi connectivity index (χ0n) is 16.2. The molecule has 8 nitrogen and oxygen atoms in total. The van der Waals surface area contributed by atoms with Gasteiger partial charge >= 0.3 is 11.9 Å². The van der Waals surface area contributed by atoms with Gasteiger partial charge in [0.1, 0.15) is 12.2 Å². The summed E-state index contributed by atoms with van der Waals surface area (Å²) >= 11 is 0. The fourth-order valence-corrected chi connectivity index (χ4v) is 1.49. The van der Waals surface area contributed by atoms with Crippen molar-refractivity contribution in [2.24, 2.45) is 0 Å². The number of carbonyl (C=O) groups is 2. The van der Waals surface area contributed by atoms with Crippen molar-refractivity contribution in [3.05, 3.63) is 24.2 Å². The molecule has 0 saturated heterocycles. The first-order valence-corrected chi connectivity index (χ1v) is 8.64. The van der Waals surface area contributed by atoms with Gasteiger partial charge in [-0.25, -0.2) is 9.59 Å². The molecule has 0 saturated carbocycles. The van der Waals surface area contributed by atoms with E-state index in [4.69, 9.17) is 24.1 Å². The van der Waals surface area contributed by atoms with Crippen LogP contribution in [-0.2, 0) is 33.3 Å². The maximum atomic E-state index is 10.7. The zero-order valence-corrected chi connectivity index (χ0v) is 16.2. The van der Waals surface area contributed by atoms with E-state index < -0.39 is 11.9 Å². The Morgan fingerprint density at radius 3 is 1.81 bits per heavy atom. The summed E-state index contributed by atoms with van der Waals surface area (Å²) in [7, 11) is 0. The summed E-state index contributed by atoms with van der Waals surface area (Å²) in [5, 5.41) is 8.78. The first-order valence-electron chi connectivity index (χ1n) is 8.64. The van der Waals surface area contributed by atoms with Crippen LogP contribution in [0.1, 0.15) is 34.1 Å².